The van der Waals surface area contributed by atoms with Crippen LogP contribution in [0.5, 0.6) is 0 Å². The Hall–Kier alpha value is -1.29. The summed E-state index contributed by atoms with van der Waals surface area (Å²) in [7, 11) is 0. The van der Waals surface area contributed by atoms with E-state index < -0.39 is 0 Å². The molecular formula is C10H14N2O2. The summed E-state index contributed by atoms with van der Waals surface area (Å²) < 4.78 is 5.40. The molecule has 4 nitrogen and oxygen atoms in total. The Labute approximate surface area is 82.6 Å². The first-order valence-corrected chi connectivity index (χ1v) is 4.89. The molecule has 1 aromatic rings. The van der Waals surface area contributed by atoms with Crippen molar-refractivity contribution in [2.45, 2.75) is 18.9 Å². The molecule has 1 atom stereocenters. The van der Waals surface area contributed by atoms with Crippen LogP contribution in [0.25, 0.3) is 0 Å². The molecule has 2 rings (SSSR count). The number of amides is 1. The van der Waals surface area contributed by atoms with Crippen molar-refractivity contribution in [3.63, 3.8) is 0 Å². The van der Waals surface area contributed by atoms with E-state index in [4.69, 9.17) is 4.74 Å². The molecule has 1 unspecified atom stereocenters. The van der Waals surface area contributed by atoms with E-state index in [0.717, 1.165) is 19.4 Å². The molecule has 76 valence electrons. The summed E-state index contributed by atoms with van der Waals surface area (Å²) in [5, 5.41) is 2.84. The number of hydrogen-bond acceptors (Lipinski definition) is 2. The first kappa shape index (κ1) is 9.27. The standard InChI is InChI=1S/C10H14N2O2/c13-10(8-3-4-11-6-8)12-7-9-2-1-5-14-9/h3-4,6,9,11H,1-2,5,7H2,(H,12,13). The van der Waals surface area contributed by atoms with Gasteiger partial charge in [0.1, 0.15) is 0 Å². The zero-order valence-electron chi connectivity index (χ0n) is 7.95. The highest BCUT2D eigenvalue weighted by molar-refractivity contribution is 5.93. The SMILES string of the molecule is O=C(NCC1CCCO1)c1cc[nH]c1. The van der Waals surface area contributed by atoms with Crippen LogP contribution in [-0.2, 0) is 4.74 Å². The van der Waals surface area contributed by atoms with E-state index in [1.165, 1.54) is 0 Å². The number of H-pyrrole nitrogens is 1. The number of carbonyl (C=O) groups is 1. The van der Waals surface area contributed by atoms with E-state index in [2.05, 4.69) is 10.3 Å². The Morgan fingerprint density at radius 3 is 3.29 bits per heavy atom. The van der Waals surface area contributed by atoms with Crippen molar-refractivity contribution < 1.29 is 9.53 Å². The van der Waals surface area contributed by atoms with Gasteiger partial charge in [-0.05, 0) is 18.9 Å². The molecule has 2 heterocycles. The van der Waals surface area contributed by atoms with Gasteiger partial charge in [0.25, 0.3) is 5.91 Å². The molecule has 14 heavy (non-hydrogen) atoms. The molecule has 0 aliphatic carbocycles. The summed E-state index contributed by atoms with van der Waals surface area (Å²) in [4.78, 5) is 14.3. The second-order valence-corrected chi connectivity index (χ2v) is 3.44. The average Bonchev–Trinajstić information content (AvgIpc) is 2.87. The van der Waals surface area contributed by atoms with Gasteiger partial charge >= 0.3 is 0 Å². The minimum atomic E-state index is -0.0400. The molecule has 1 fully saturated rings. The maximum atomic E-state index is 11.5. The summed E-state index contributed by atoms with van der Waals surface area (Å²) in [5.41, 5.74) is 0.669. The van der Waals surface area contributed by atoms with Crippen LogP contribution in [0, 0.1) is 0 Å². The quantitative estimate of drug-likeness (QED) is 0.751. The maximum Gasteiger partial charge on any atom is 0.252 e. The monoisotopic (exact) mass is 194 g/mol. The Balaban J connectivity index is 1.78. The minimum Gasteiger partial charge on any atom is -0.376 e. The molecule has 1 saturated heterocycles. The molecule has 1 aliphatic heterocycles. The van der Waals surface area contributed by atoms with Crippen molar-refractivity contribution in [2.24, 2.45) is 0 Å². The molecule has 0 aromatic carbocycles. The first-order chi connectivity index (χ1) is 6.86. The van der Waals surface area contributed by atoms with E-state index >= 15 is 0 Å². The number of ether oxygens (including phenoxy) is 1. The van der Waals surface area contributed by atoms with Crippen LogP contribution in [0.15, 0.2) is 18.5 Å². The Bertz CT molecular complexity index is 289. The van der Waals surface area contributed by atoms with Gasteiger partial charge in [-0.1, -0.05) is 0 Å². The third kappa shape index (κ3) is 2.14. The first-order valence-electron chi connectivity index (χ1n) is 4.89. The largest absolute Gasteiger partial charge is 0.376 e. The van der Waals surface area contributed by atoms with Gasteiger partial charge in [0, 0.05) is 25.5 Å². The van der Waals surface area contributed by atoms with Crippen LogP contribution in [0.3, 0.4) is 0 Å². The van der Waals surface area contributed by atoms with Gasteiger partial charge in [0.2, 0.25) is 0 Å². The highest BCUT2D eigenvalue weighted by Gasteiger charge is 2.16. The second-order valence-electron chi connectivity index (χ2n) is 3.44. The molecule has 0 radical (unpaired) electrons. The van der Waals surface area contributed by atoms with Crippen molar-refractivity contribution >= 4 is 5.91 Å². The Morgan fingerprint density at radius 2 is 2.64 bits per heavy atom. The van der Waals surface area contributed by atoms with Crippen molar-refractivity contribution in [2.75, 3.05) is 13.2 Å². The molecule has 0 saturated carbocycles. The van der Waals surface area contributed by atoms with Gasteiger partial charge in [-0.2, -0.15) is 0 Å². The van der Waals surface area contributed by atoms with Crippen molar-refractivity contribution in [1.82, 2.24) is 10.3 Å². The van der Waals surface area contributed by atoms with Crippen LogP contribution in [0.1, 0.15) is 23.2 Å². The number of nitrogens with one attached hydrogen (secondary N) is 2. The predicted molar refractivity (Wildman–Crippen MR) is 52.1 cm³/mol. The predicted octanol–water partition coefficient (Wildman–Crippen LogP) is 0.923. The van der Waals surface area contributed by atoms with Crippen molar-refractivity contribution in [3.05, 3.63) is 24.0 Å². The normalized spacial score (nSPS) is 21.0. The molecule has 1 aromatic heterocycles. The van der Waals surface area contributed by atoms with Gasteiger partial charge in [0.15, 0.2) is 0 Å². The second kappa shape index (κ2) is 4.28. The summed E-state index contributed by atoms with van der Waals surface area (Å²) in [6.07, 6.45) is 5.78. The zero-order chi connectivity index (χ0) is 9.80. The fourth-order valence-electron chi connectivity index (χ4n) is 1.58. The zero-order valence-corrected chi connectivity index (χ0v) is 7.95. The van der Waals surface area contributed by atoms with E-state index in [1.54, 1.807) is 18.5 Å². The number of rotatable bonds is 3. The molecule has 4 heteroatoms. The summed E-state index contributed by atoms with van der Waals surface area (Å²) in [6, 6.07) is 1.75. The maximum absolute atomic E-state index is 11.5. The summed E-state index contributed by atoms with van der Waals surface area (Å²) >= 11 is 0. The molecule has 0 spiro atoms. The average molecular weight is 194 g/mol. The summed E-state index contributed by atoms with van der Waals surface area (Å²) in [6.45, 7) is 1.44. The van der Waals surface area contributed by atoms with Gasteiger partial charge < -0.3 is 15.0 Å². The van der Waals surface area contributed by atoms with Crippen molar-refractivity contribution in [1.29, 1.82) is 0 Å². The molecule has 2 N–H and O–H groups in total. The number of aromatic amines is 1. The lowest BCUT2D eigenvalue weighted by molar-refractivity contribution is 0.0858. The lowest BCUT2D eigenvalue weighted by Gasteiger charge is -2.09. The number of hydrogen-bond donors (Lipinski definition) is 2. The van der Waals surface area contributed by atoms with Gasteiger partial charge in [0.05, 0.1) is 11.7 Å². The van der Waals surface area contributed by atoms with E-state index in [9.17, 15) is 4.79 Å². The van der Waals surface area contributed by atoms with Gasteiger partial charge in [-0.3, -0.25) is 4.79 Å². The van der Waals surface area contributed by atoms with Crippen LogP contribution in [0.2, 0.25) is 0 Å². The highest BCUT2D eigenvalue weighted by Crippen LogP contribution is 2.10. The van der Waals surface area contributed by atoms with Crippen LogP contribution in [0.4, 0.5) is 0 Å². The molecule has 1 amide bonds. The Morgan fingerprint density at radius 1 is 1.71 bits per heavy atom. The van der Waals surface area contributed by atoms with Gasteiger partial charge in [-0.25, -0.2) is 0 Å². The summed E-state index contributed by atoms with van der Waals surface area (Å²) in [5.74, 6) is -0.0400. The fourth-order valence-corrected chi connectivity index (χ4v) is 1.58. The van der Waals surface area contributed by atoms with Crippen LogP contribution < -0.4 is 5.32 Å². The van der Waals surface area contributed by atoms with Crippen LogP contribution >= 0.6 is 0 Å². The molecular weight excluding hydrogens is 180 g/mol. The van der Waals surface area contributed by atoms with Crippen LogP contribution in [-0.4, -0.2) is 30.1 Å². The number of aromatic nitrogens is 1. The van der Waals surface area contributed by atoms with Crippen molar-refractivity contribution in [3.8, 4) is 0 Å². The Kier molecular flexibility index (Phi) is 2.84. The fraction of sp³-hybridized carbons (Fsp3) is 0.500. The molecule has 0 bridgehead atoms. The number of carbonyl (C=O) groups excluding carboxylic acids is 1. The lowest BCUT2D eigenvalue weighted by Crippen LogP contribution is -2.31. The lowest BCUT2D eigenvalue weighted by atomic mass is 10.2. The van der Waals surface area contributed by atoms with E-state index in [-0.39, 0.29) is 12.0 Å². The van der Waals surface area contributed by atoms with E-state index in [0.29, 0.717) is 12.1 Å². The topological polar surface area (TPSA) is 54.1 Å². The third-order valence-corrected chi connectivity index (χ3v) is 2.37. The van der Waals surface area contributed by atoms with E-state index in [1.807, 2.05) is 0 Å². The smallest absolute Gasteiger partial charge is 0.252 e. The van der Waals surface area contributed by atoms with Gasteiger partial charge in [-0.15, -0.1) is 0 Å². The third-order valence-electron chi connectivity index (χ3n) is 2.37. The highest BCUT2D eigenvalue weighted by atomic mass is 16.5. The minimum absolute atomic E-state index is 0.0400. The molecule has 1 aliphatic rings.